The maximum atomic E-state index is 13.3. The lowest BCUT2D eigenvalue weighted by Gasteiger charge is -2.07. The van der Waals surface area contributed by atoms with Gasteiger partial charge in [0.25, 0.3) is 0 Å². The Hall–Kier alpha value is -1.98. The SMILES string of the molecule is CC(C)=CC(=O)Nc1ccc(OC(F)F)c(F)c1. The van der Waals surface area contributed by atoms with E-state index in [0.29, 0.717) is 0 Å². The molecule has 3 nitrogen and oxygen atoms in total. The van der Waals surface area contributed by atoms with Crippen LogP contribution in [0.15, 0.2) is 29.8 Å². The van der Waals surface area contributed by atoms with Gasteiger partial charge in [-0.25, -0.2) is 4.39 Å². The zero-order valence-corrected chi connectivity index (χ0v) is 9.84. The van der Waals surface area contributed by atoms with Crippen LogP contribution in [0.3, 0.4) is 0 Å². The first-order chi connectivity index (χ1) is 8.38. The van der Waals surface area contributed by atoms with Crippen molar-refractivity contribution in [3.63, 3.8) is 0 Å². The normalized spacial score (nSPS) is 10.1. The highest BCUT2D eigenvalue weighted by molar-refractivity contribution is 5.99. The largest absolute Gasteiger partial charge is 0.432 e. The molecular formula is C12H12F3NO2. The third-order valence-electron chi connectivity index (χ3n) is 1.84. The van der Waals surface area contributed by atoms with Crippen LogP contribution in [0.2, 0.25) is 0 Å². The molecule has 1 aromatic rings. The van der Waals surface area contributed by atoms with Crippen molar-refractivity contribution in [1.82, 2.24) is 0 Å². The van der Waals surface area contributed by atoms with Crippen LogP contribution < -0.4 is 10.1 Å². The molecule has 0 saturated heterocycles. The van der Waals surface area contributed by atoms with E-state index in [1.54, 1.807) is 13.8 Å². The number of amides is 1. The smallest absolute Gasteiger partial charge is 0.387 e. The number of allylic oxidation sites excluding steroid dienone is 1. The first kappa shape index (κ1) is 14.1. The first-order valence-electron chi connectivity index (χ1n) is 5.08. The predicted octanol–water partition coefficient (Wildman–Crippen LogP) is 3.33. The zero-order valence-electron chi connectivity index (χ0n) is 9.84. The lowest BCUT2D eigenvalue weighted by atomic mass is 10.2. The van der Waals surface area contributed by atoms with E-state index in [2.05, 4.69) is 10.1 Å². The molecule has 0 aliphatic rings. The van der Waals surface area contributed by atoms with Crippen molar-refractivity contribution in [3.8, 4) is 5.75 Å². The molecular weight excluding hydrogens is 247 g/mol. The molecule has 18 heavy (non-hydrogen) atoms. The molecule has 0 bridgehead atoms. The molecule has 0 saturated carbocycles. The summed E-state index contributed by atoms with van der Waals surface area (Å²) < 4.78 is 41.0. The van der Waals surface area contributed by atoms with E-state index >= 15 is 0 Å². The van der Waals surface area contributed by atoms with Crippen molar-refractivity contribution < 1.29 is 22.7 Å². The van der Waals surface area contributed by atoms with Crippen LogP contribution >= 0.6 is 0 Å². The zero-order chi connectivity index (χ0) is 13.7. The number of ether oxygens (including phenoxy) is 1. The fraction of sp³-hybridized carbons (Fsp3) is 0.250. The second-order valence-corrected chi connectivity index (χ2v) is 3.73. The Morgan fingerprint density at radius 1 is 1.39 bits per heavy atom. The quantitative estimate of drug-likeness (QED) is 0.842. The molecule has 0 spiro atoms. The maximum Gasteiger partial charge on any atom is 0.387 e. The van der Waals surface area contributed by atoms with Crippen LogP contribution in [0.5, 0.6) is 5.75 Å². The van der Waals surface area contributed by atoms with Crippen LogP contribution in [0.4, 0.5) is 18.9 Å². The molecule has 1 N–H and O–H groups in total. The molecule has 0 heterocycles. The fourth-order valence-corrected chi connectivity index (χ4v) is 1.21. The third-order valence-corrected chi connectivity index (χ3v) is 1.84. The van der Waals surface area contributed by atoms with Crippen molar-refractivity contribution in [2.24, 2.45) is 0 Å². The Bertz CT molecular complexity index is 468. The average Bonchev–Trinajstić information content (AvgIpc) is 2.20. The van der Waals surface area contributed by atoms with Gasteiger partial charge in [-0.2, -0.15) is 8.78 Å². The Balaban J connectivity index is 2.78. The lowest BCUT2D eigenvalue weighted by Crippen LogP contribution is -2.09. The van der Waals surface area contributed by atoms with Crippen molar-refractivity contribution in [2.45, 2.75) is 20.5 Å². The summed E-state index contributed by atoms with van der Waals surface area (Å²) in [5, 5.41) is 2.40. The van der Waals surface area contributed by atoms with Crippen molar-refractivity contribution in [2.75, 3.05) is 5.32 Å². The molecule has 0 atom stereocenters. The van der Waals surface area contributed by atoms with Crippen LogP contribution in [-0.4, -0.2) is 12.5 Å². The third kappa shape index (κ3) is 4.48. The van der Waals surface area contributed by atoms with E-state index in [1.807, 2.05) is 0 Å². The Morgan fingerprint density at radius 2 is 2.06 bits per heavy atom. The molecule has 0 radical (unpaired) electrons. The fourth-order valence-electron chi connectivity index (χ4n) is 1.21. The van der Waals surface area contributed by atoms with Crippen LogP contribution in [0.1, 0.15) is 13.8 Å². The molecule has 1 rings (SSSR count). The van der Waals surface area contributed by atoms with E-state index in [9.17, 15) is 18.0 Å². The predicted molar refractivity (Wildman–Crippen MR) is 61.1 cm³/mol. The molecule has 0 unspecified atom stereocenters. The van der Waals surface area contributed by atoms with Gasteiger partial charge in [-0.1, -0.05) is 5.57 Å². The summed E-state index contributed by atoms with van der Waals surface area (Å²) in [5.41, 5.74) is 0.947. The maximum absolute atomic E-state index is 13.3. The Morgan fingerprint density at radius 3 is 2.56 bits per heavy atom. The Kier molecular flexibility index (Phi) is 4.76. The molecule has 1 amide bonds. The highest BCUT2D eigenvalue weighted by Gasteiger charge is 2.10. The summed E-state index contributed by atoms with van der Waals surface area (Å²) in [5.74, 6) is -1.95. The molecule has 6 heteroatoms. The summed E-state index contributed by atoms with van der Waals surface area (Å²) in [6.07, 6.45) is 1.33. The number of carbonyl (C=O) groups is 1. The van der Waals surface area contributed by atoms with Crippen LogP contribution in [-0.2, 0) is 4.79 Å². The standard InChI is InChI=1S/C12H12F3NO2/c1-7(2)5-11(17)16-8-3-4-10(9(13)6-8)18-12(14)15/h3-6,12H,1-2H3,(H,16,17). The summed E-state index contributed by atoms with van der Waals surface area (Å²) in [7, 11) is 0. The number of alkyl halides is 2. The van der Waals surface area contributed by atoms with Gasteiger partial charge in [-0.15, -0.1) is 0 Å². The van der Waals surface area contributed by atoms with Gasteiger partial charge in [-0.3, -0.25) is 4.79 Å². The number of rotatable bonds is 4. The molecule has 0 aliphatic carbocycles. The summed E-state index contributed by atoms with van der Waals surface area (Å²) >= 11 is 0. The number of hydrogen-bond acceptors (Lipinski definition) is 2. The number of benzene rings is 1. The summed E-state index contributed by atoms with van der Waals surface area (Å²) in [6.45, 7) is 0.380. The van der Waals surface area contributed by atoms with Gasteiger partial charge in [0.15, 0.2) is 11.6 Å². The second-order valence-electron chi connectivity index (χ2n) is 3.73. The molecule has 0 aromatic heterocycles. The number of anilines is 1. The highest BCUT2D eigenvalue weighted by Crippen LogP contribution is 2.22. The van der Waals surface area contributed by atoms with E-state index < -0.39 is 24.1 Å². The number of nitrogens with one attached hydrogen (secondary N) is 1. The highest BCUT2D eigenvalue weighted by atomic mass is 19.3. The summed E-state index contributed by atoms with van der Waals surface area (Å²) in [6, 6.07) is 3.21. The van der Waals surface area contributed by atoms with E-state index in [1.165, 1.54) is 12.1 Å². The topological polar surface area (TPSA) is 38.3 Å². The van der Waals surface area contributed by atoms with Gasteiger partial charge >= 0.3 is 6.61 Å². The van der Waals surface area contributed by atoms with Gasteiger partial charge in [0.1, 0.15) is 0 Å². The van der Waals surface area contributed by atoms with Gasteiger partial charge < -0.3 is 10.1 Å². The van der Waals surface area contributed by atoms with Crippen LogP contribution in [0.25, 0.3) is 0 Å². The number of halogens is 3. The Labute approximate surface area is 102 Å². The van der Waals surface area contributed by atoms with Crippen molar-refractivity contribution in [1.29, 1.82) is 0 Å². The molecule has 0 fully saturated rings. The van der Waals surface area contributed by atoms with Crippen molar-refractivity contribution >= 4 is 11.6 Å². The van der Waals surface area contributed by atoms with E-state index in [0.717, 1.165) is 17.7 Å². The molecule has 0 aliphatic heterocycles. The average molecular weight is 259 g/mol. The monoisotopic (exact) mass is 259 g/mol. The minimum absolute atomic E-state index is 0.164. The number of carbonyl (C=O) groups excluding carboxylic acids is 1. The minimum Gasteiger partial charge on any atom is -0.432 e. The van der Waals surface area contributed by atoms with Gasteiger partial charge in [0, 0.05) is 17.8 Å². The van der Waals surface area contributed by atoms with E-state index in [4.69, 9.17) is 0 Å². The first-order valence-corrected chi connectivity index (χ1v) is 5.08. The molecule has 1 aromatic carbocycles. The van der Waals surface area contributed by atoms with Crippen molar-refractivity contribution in [3.05, 3.63) is 35.7 Å². The van der Waals surface area contributed by atoms with E-state index in [-0.39, 0.29) is 5.69 Å². The second kappa shape index (κ2) is 6.09. The minimum atomic E-state index is -3.09. The summed E-state index contributed by atoms with van der Waals surface area (Å²) in [4.78, 5) is 11.3. The lowest BCUT2D eigenvalue weighted by molar-refractivity contribution is -0.112. The van der Waals surface area contributed by atoms with Gasteiger partial charge in [0.05, 0.1) is 0 Å². The van der Waals surface area contributed by atoms with Gasteiger partial charge in [-0.05, 0) is 26.0 Å². The van der Waals surface area contributed by atoms with Gasteiger partial charge in [0.2, 0.25) is 5.91 Å². The number of hydrogen-bond donors (Lipinski definition) is 1. The van der Waals surface area contributed by atoms with Crippen LogP contribution in [0, 0.1) is 5.82 Å². The molecule has 98 valence electrons.